The molecule has 6 nitrogen and oxygen atoms in total. The van der Waals surface area contributed by atoms with Crippen LogP contribution in [0.25, 0.3) is 0 Å². The molecule has 0 aromatic heterocycles. The summed E-state index contributed by atoms with van der Waals surface area (Å²) in [6, 6.07) is 13.3. The lowest BCUT2D eigenvalue weighted by Crippen LogP contribution is -2.34. The van der Waals surface area contributed by atoms with Crippen LogP contribution in [0.5, 0.6) is 5.75 Å². The number of benzene rings is 2. The summed E-state index contributed by atoms with van der Waals surface area (Å²) in [5, 5.41) is 2.16. The molecule has 6 heteroatoms. The number of aryl methyl sites for hydroxylation is 1. The summed E-state index contributed by atoms with van der Waals surface area (Å²) < 4.78 is 10.0. The van der Waals surface area contributed by atoms with E-state index in [-0.39, 0.29) is 5.56 Å². The molecule has 0 saturated carbocycles. The molecule has 2 amide bonds. The minimum Gasteiger partial charge on any atom is -0.496 e. The van der Waals surface area contributed by atoms with E-state index in [0.717, 1.165) is 5.56 Å². The van der Waals surface area contributed by atoms with E-state index in [1.54, 1.807) is 48.5 Å². The Labute approximate surface area is 139 Å². The van der Waals surface area contributed by atoms with Crippen LogP contribution in [0.3, 0.4) is 0 Å². The van der Waals surface area contributed by atoms with Crippen molar-refractivity contribution in [2.75, 3.05) is 13.7 Å². The molecule has 124 valence electrons. The molecule has 0 radical (unpaired) electrons. The number of carbonyl (C=O) groups excluding carboxylic acids is 3. The molecule has 0 atom stereocenters. The van der Waals surface area contributed by atoms with Crippen LogP contribution in [0.2, 0.25) is 0 Å². The fourth-order valence-corrected chi connectivity index (χ4v) is 2.01. The van der Waals surface area contributed by atoms with Gasteiger partial charge >= 0.3 is 5.97 Å². The normalized spacial score (nSPS) is 9.92. The predicted molar refractivity (Wildman–Crippen MR) is 86.9 cm³/mol. The maximum absolute atomic E-state index is 12.1. The van der Waals surface area contributed by atoms with Crippen LogP contribution >= 0.6 is 0 Å². The summed E-state index contributed by atoms with van der Waals surface area (Å²) in [6.07, 6.45) is 0. The predicted octanol–water partition coefficient (Wildman–Crippen LogP) is 2.12. The Balaban J connectivity index is 1.93. The second-order valence-corrected chi connectivity index (χ2v) is 5.02. The van der Waals surface area contributed by atoms with Crippen molar-refractivity contribution >= 4 is 17.8 Å². The van der Waals surface area contributed by atoms with E-state index < -0.39 is 24.4 Å². The van der Waals surface area contributed by atoms with Gasteiger partial charge in [0.05, 0.1) is 7.11 Å². The highest BCUT2D eigenvalue weighted by Crippen LogP contribution is 2.20. The molecule has 0 spiro atoms. The van der Waals surface area contributed by atoms with Crippen molar-refractivity contribution in [3.05, 3.63) is 65.2 Å². The van der Waals surface area contributed by atoms with Gasteiger partial charge in [0.2, 0.25) is 0 Å². The number of esters is 1. The number of nitrogens with one attached hydrogen (secondary N) is 1. The topological polar surface area (TPSA) is 81.7 Å². The van der Waals surface area contributed by atoms with Crippen LogP contribution in [0.4, 0.5) is 0 Å². The van der Waals surface area contributed by atoms with Crippen molar-refractivity contribution in [1.82, 2.24) is 5.32 Å². The summed E-state index contributed by atoms with van der Waals surface area (Å²) in [5.74, 6) is -1.60. The number of carbonyl (C=O) groups is 3. The molecule has 0 aliphatic heterocycles. The summed E-state index contributed by atoms with van der Waals surface area (Å²) >= 11 is 0. The third-order valence-electron chi connectivity index (χ3n) is 3.20. The van der Waals surface area contributed by atoms with Crippen LogP contribution in [0, 0.1) is 6.92 Å². The molecular formula is C18H17NO5. The average molecular weight is 327 g/mol. The SMILES string of the molecule is COc1ccc(C)cc1C(=O)OCC(=O)NC(=O)c1ccccc1. The lowest BCUT2D eigenvalue weighted by Gasteiger charge is -2.09. The number of imide groups is 1. The van der Waals surface area contributed by atoms with Crippen LogP contribution < -0.4 is 10.1 Å². The van der Waals surface area contributed by atoms with Gasteiger partial charge in [0.25, 0.3) is 11.8 Å². The van der Waals surface area contributed by atoms with E-state index >= 15 is 0 Å². The third kappa shape index (κ3) is 4.42. The zero-order valence-electron chi connectivity index (χ0n) is 13.4. The molecule has 1 N–H and O–H groups in total. The Morgan fingerprint density at radius 3 is 2.42 bits per heavy atom. The van der Waals surface area contributed by atoms with Gasteiger partial charge < -0.3 is 9.47 Å². The van der Waals surface area contributed by atoms with E-state index in [1.165, 1.54) is 7.11 Å². The molecule has 2 aromatic rings. The number of amides is 2. The monoisotopic (exact) mass is 327 g/mol. The minimum absolute atomic E-state index is 0.222. The van der Waals surface area contributed by atoms with E-state index in [4.69, 9.17) is 9.47 Å². The Morgan fingerprint density at radius 2 is 1.75 bits per heavy atom. The van der Waals surface area contributed by atoms with Gasteiger partial charge in [-0.25, -0.2) is 4.79 Å². The molecule has 0 aliphatic carbocycles. The van der Waals surface area contributed by atoms with Gasteiger partial charge in [-0.3, -0.25) is 14.9 Å². The molecule has 0 heterocycles. The number of hydrogen-bond donors (Lipinski definition) is 1. The lowest BCUT2D eigenvalue weighted by atomic mass is 10.1. The van der Waals surface area contributed by atoms with Gasteiger partial charge in [-0.2, -0.15) is 0 Å². The maximum Gasteiger partial charge on any atom is 0.342 e. The molecular weight excluding hydrogens is 310 g/mol. The quantitative estimate of drug-likeness (QED) is 0.851. The minimum atomic E-state index is -0.705. The fourth-order valence-electron chi connectivity index (χ4n) is 2.01. The second-order valence-electron chi connectivity index (χ2n) is 5.02. The average Bonchev–Trinajstić information content (AvgIpc) is 2.60. The van der Waals surface area contributed by atoms with Crippen LogP contribution in [-0.2, 0) is 9.53 Å². The van der Waals surface area contributed by atoms with E-state index in [1.807, 2.05) is 6.92 Å². The van der Waals surface area contributed by atoms with Crippen molar-refractivity contribution in [2.24, 2.45) is 0 Å². The fraction of sp³-hybridized carbons (Fsp3) is 0.167. The highest BCUT2D eigenvalue weighted by Gasteiger charge is 2.17. The Hall–Kier alpha value is -3.15. The van der Waals surface area contributed by atoms with Crippen molar-refractivity contribution in [3.63, 3.8) is 0 Å². The first-order valence-electron chi connectivity index (χ1n) is 7.22. The molecule has 0 unspecified atom stereocenters. The summed E-state index contributed by atoms with van der Waals surface area (Å²) in [6.45, 7) is 1.26. The standard InChI is InChI=1S/C18H17NO5/c1-12-8-9-15(23-2)14(10-12)18(22)24-11-16(20)19-17(21)13-6-4-3-5-7-13/h3-10H,11H2,1-2H3,(H,19,20,21). The van der Waals surface area contributed by atoms with E-state index in [9.17, 15) is 14.4 Å². The Morgan fingerprint density at radius 1 is 1.04 bits per heavy atom. The van der Waals surface area contributed by atoms with Gasteiger partial charge in [0.15, 0.2) is 6.61 Å². The molecule has 2 aromatic carbocycles. The van der Waals surface area contributed by atoms with Gasteiger partial charge in [-0.05, 0) is 31.2 Å². The lowest BCUT2D eigenvalue weighted by molar-refractivity contribution is -0.123. The summed E-state index contributed by atoms with van der Waals surface area (Å²) in [7, 11) is 1.44. The number of ether oxygens (including phenoxy) is 2. The molecule has 24 heavy (non-hydrogen) atoms. The first-order valence-corrected chi connectivity index (χ1v) is 7.22. The van der Waals surface area contributed by atoms with Crippen LogP contribution in [0.1, 0.15) is 26.3 Å². The highest BCUT2D eigenvalue weighted by molar-refractivity contribution is 6.05. The van der Waals surface area contributed by atoms with Crippen molar-refractivity contribution in [2.45, 2.75) is 6.92 Å². The Bertz CT molecular complexity index is 755. The second kappa shape index (κ2) is 7.92. The summed E-state index contributed by atoms with van der Waals surface area (Å²) in [4.78, 5) is 35.6. The number of methoxy groups -OCH3 is 1. The van der Waals surface area contributed by atoms with Crippen molar-refractivity contribution in [3.8, 4) is 5.75 Å². The van der Waals surface area contributed by atoms with Crippen molar-refractivity contribution in [1.29, 1.82) is 0 Å². The highest BCUT2D eigenvalue weighted by atomic mass is 16.5. The van der Waals surface area contributed by atoms with Gasteiger partial charge in [-0.1, -0.05) is 29.8 Å². The van der Waals surface area contributed by atoms with Crippen LogP contribution in [0.15, 0.2) is 48.5 Å². The Kier molecular flexibility index (Phi) is 5.68. The maximum atomic E-state index is 12.1. The van der Waals surface area contributed by atoms with Gasteiger partial charge in [-0.15, -0.1) is 0 Å². The zero-order valence-corrected chi connectivity index (χ0v) is 13.4. The first kappa shape index (κ1) is 17.2. The zero-order chi connectivity index (χ0) is 17.5. The number of rotatable bonds is 5. The van der Waals surface area contributed by atoms with Gasteiger partial charge in [0, 0.05) is 5.56 Å². The largest absolute Gasteiger partial charge is 0.496 e. The van der Waals surface area contributed by atoms with E-state index in [0.29, 0.717) is 11.3 Å². The molecule has 0 fully saturated rings. The third-order valence-corrected chi connectivity index (χ3v) is 3.20. The smallest absolute Gasteiger partial charge is 0.342 e. The number of hydrogen-bond acceptors (Lipinski definition) is 5. The molecule has 2 rings (SSSR count). The van der Waals surface area contributed by atoms with Crippen LogP contribution in [-0.4, -0.2) is 31.5 Å². The van der Waals surface area contributed by atoms with Crippen molar-refractivity contribution < 1.29 is 23.9 Å². The van der Waals surface area contributed by atoms with Gasteiger partial charge in [0.1, 0.15) is 11.3 Å². The summed E-state index contributed by atoms with van der Waals surface area (Å²) in [5.41, 5.74) is 1.42. The molecule has 0 aliphatic rings. The first-order chi connectivity index (χ1) is 11.5. The van der Waals surface area contributed by atoms with E-state index in [2.05, 4.69) is 5.32 Å². The molecule has 0 bridgehead atoms. The molecule has 0 saturated heterocycles.